The fraction of sp³-hybridized carbons (Fsp3) is 0.429. The number of anilines is 1. The molecule has 1 aromatic rings. The molecule has 3 nitrogen and oxygen atoms in total. The highest BCUT2D eigenvalue weighted by atomic mass is 35.5. The van der Waals surface area contributed by atoms with Crippen LogP contribution in [0.2, 0.25) is 0 Å². The summed E-state index contributed by atoms with van der Waals surface area (Å²) >= 11 is 6.34. The van der Waals surface area contributed by atoms with E-state index in [-0.39, 0.29) is 5.69 Å². The monoisotopic (exact) mass is 299 g/mol. The van der Waals surface area contributed by atoms with Crippen molar-refractivity contribution in [3.05, 3.63) is 29.8 Å². The Labute approximate surface area is 119 Å². The van der Waals surface area contributed by atoms with Crippen molar-refractivity contribution in [2.45, 2.75) is 30.6 Å². The number of imide groups is 1. The van der Waals surface area contributed by atoms with Crippen LogP contribution in [0.4, 0.5) is 14.5 Å². The van der Waals surface area contributed by atoms with Gasteiger partial charge in [-0.1, -0.05) is 12.8 Å². The van der Waals surface area contributed by atoms with Gasteiger partial charge in [-0.3, -0.25) is 9.59 Å². The SMILES string of the molecule is O=C1C2CCCCC2(Cl)C(=O)N1c1ccc(F)cc1F. The summed E-state index contributed by atoms with van der Waals surface area (Å²) in [6, 6.07) is 2.76. The lowest BCUT2D eigenvalue weighted by atomic mass is 9.80. The number of rotatable bonds is 1. The standard InChI is InChI=1S/C14H12ClF2NO2/c15-14-6-2-1-3-9(14)12(19)18(13(14)20)11-5-4-8(16)7-10(11)17/h4-5,7,9H,1-3,6H2. The zero-order valence-corrected chi connectivity index (χ0v) is 11.3. The first-order valence-electron chi connectivity index (χ1n) is 6.47. The average Bonchev–Trinajstić information content (AvgIpc) is 2.59. The molecule has 20 heavy (non-hydrogen) atoms. The zero-order chi connectivity index (χ0) is 14.5. The van der Waals surface area contributed by atoms with Crippen LogP contribution in [-0.2, 0) is 9.59 Å². The molecular weight excluding hydrogens is 288 g/mol. The lowest BCUT2D eigenvalue weighted by Gasteiger charge is -2.28. The van der Waals surface area contributed by atoms with Gasteiger partial charge in [0.25, 0.3) is 5.91 Å². The zero-order valence-electron chi connectivity index (χ0n) is 10.5. The van der Waals surface area contributed by atoms with E-state index < -0.39 is 34.2 Å². The van der Waals surface area contributed by atoms with E-state index in [2.05, 4.69) is 0 Å². The lowest BCUT2D eigenvalue weighted by molar-refractivity contribution is -0.122. The van der Waals surface area contributed by atoms with E-state index in [4.69, 9.17) is 11.6 Å². The summed E-state index contributed by atoms with van der Waals surface area (Å²) in [4.78, 5) is 24.3. The Bertz CT molecular complexity index is 607. The maximum Gasteiger partial charge on any atom is 0.255 e. The van der Waals surface area contributed by atoms with Crippen molar-refractivity contribution in [3.63, 3.8) is 0 Å². The molecule has 0 bridgehead atoms. The molecule has 2 amide bonds. The Morgan fingerprint density at radius 1 is 1.25 bits per heavy atom. The van der Waals surface area contributed by atoms with Gasteiger partial charge >= 0.3 is 0 Å². The van der Waals surface area contributed by atoms with Crippen molar-refractivity contribution in [1.29, 1.82) is 0 Å². The van der Waals surface area contributed by atoms with E-state index in [0.29, 0.717) is 18.9 Å². The van der Waals surface area contributed by atoms with Crippen LogP contribution >= 0.6 is 11.6 Å². The van der Waals surface area contributed by atoms with Crippen LogP contribution in [0.1, 0.15) is 25.7 Å². The highest BCUT2D eigenvalue weighted by Gasteiger charge is 2.59. The minimum atomic E-state index is -1.27. The largest absolute Gasteiger partial charge is 0.274 e. The molecular formula is C14H12ClF2NO2. The fourth-order valence-electron chi connectivity index (χ4n) is 3.04. The minimum absolute atomic E-state index is 0.226. The van der Waals surface area contributed by atoms with E-state index >= 15 is 0 Å². The van der Waals surface area contributed by atoms with Crippen molar-refractivity contribution < 1.29 is 18.4 Å². The summed E-state index contributed by atoms with van der Waals surface area (Å²) in [6.07, 6.45) is 2.51. The van der Waals surface area contributed by atoms with E-state index in [1.807, 2.05) is 0 Å². The number of halogens is 3. The minimum Gasteiger partial charge on any atom is -0.274 e. The van der Waals surface area contributed by atoms with Gasteiger partial charge in [-0.15, -0.1) is 11.6 Å². The maximum atomic E-state index is 13.8. The lowest BCUT2D eigenvalue weighted by Crippen LogP contribution is -2.40. The van der Waals surface area contributed by atoms with Gasteiger partial charge in [0, 0.05) is 6.07 Å². The molecule has 1 aromatic carbocycles. The first kappa shape index (κ1) is 13.5. The predicted octanol–water partition coefficient (Wildman–Crippen LogP) is 3.01. The summed E-state index contributed by atoms with van der Waals surface area (Å²) in [5.41, 5.74) is -0.226. The Kier molecular flexibility index (Phi) is 3.05. The number of hydrogen-bond donors (Lipinski definition) is 0. The van der Waals surface area contributed by atoms with Gasteiger partial charge < -0.3 is 0 Å². The average molecular weight is 300 g/mol. The third kappa shape index (κ3) is 1.76. The summed E-state index contributed by atoms with van der Waals surface area (Å²) in [6.45, 7) is 0. The van der Waals surface area contributed by atoms with Gasteiger partial charge in [-0.2, -0.15) is 0 Å². The normalized spacial score (nSPS) is 29.8. The Balaban J connectivity index is 2.06. The smallest absolute Gasteiger partial charge is 0.255 e. The number of alkyl halides is 1. The summed E-state index contributed by atoms with van der Waals surface area (Å²) in [7, 11) is 0. The summed E-state index contributed by atoms with van der Waals surface area (Å²) in [5, 5.41) is 0. The molecule has 2 atom stereocenters. The Morgan fingerprint density at radius 2 is 2.00 bits per heavy atom. The number of carbonyl (C=O) groups is 2. The van der Waals surface area contributed by atoms with Crippen LogP contribution < -0.4 is 4.90 Å². The third-order valence-corrected chi connectivity index (χ3v) is 4.68. The van der Waals surface area contributed by atoms with Crippen molar-refractivity contribution >= 4 is 29.1 Å². The molecule has 0 spiro atoms. The quantitative estimate of drug-likeness (QED) is 0.590. The van der Waals surface area contributed by atoms with Crippen molar-refractivity contribution in [2.24, 2.45) is 5.92 Å². The molecule has 1 aliphatic heterocycles. The number of nitrogens with zero attached hydrogens (tertiary/aromatic N) is 1. The summed E-state index contributed by atoms with van der Waals surface area (Å²) in [5.74, 6) is -3.40. The van der Waals surface area contributed by atoms with Crippen LogP contribution in [0.15, 0.2) is 18.2 Å². The molecule has 2 fully saturated rings. The van der Waals surface area contributed by atoms with Crippen LogP contribution in [0, 0.1) is 17.6 Å². The molecule has 0 N–H and O–H groups in total. The molecule has 3 rings (SSSR count). The number of amides is 2. The molecule has 1 aliphatic carbocycles. The molecule has 106 valence electrons. The van der Waals surface area contributed by atoms with Crippen molar-refractivity contribution in [3.8, 4) is 0 Å². The summed E-state index contributed by atoms with van der Waals surface area (Å²) < 4.78 is 26.8. The van der Waals surface area contributed by atoms with Gasteiger partial charge in [0.1, 0.15) is 16.5 Å². The highest BCUT2D eigenvalue weighted by Crippen LogP contribution is 2.47. The first-order chi connectivity index (χ1) is 9.45. The van der Waals surface area contributed by atoms with Gasteiger partial charge in [0.15, 0.2) is 0 Å². The molecule has 1 saturated heterocycles. The van der Waals surface area contributed by atoms with E-state index in [1.54, 1.807) is 0 Å². The number of fused-ring (bicyclic) bond motifs is 1. The molecule has 2 unspecified atom stereocenters. The molecule has 1 heterocycles. The van der Waals surface area contributed by atoms with Crippen molar-refractivity contribution in [1.82, 2.24) is 0 Å². The second-order valence-corrected chi connectivity index (χ2v) is 5.91. The van der Waals surface area contributed by atoms with Gasteiger partial charge in [-0.25, -0.2) is 13.7 Å². The number of hydrogen-bond acceptors (Lipinski definition) is 2. The second kappa shape index (κ2) is 4.52. The van der Waals surface area contributed by atoms with Crippen LogP contribution in [0.25, 0.3) is 0 Å². The van der Waals surface area contributed by atoms with Gasteiger partial charge in [-0.05, 0) is 25.0 Å². The Hall–Kier alpha value is -1.49. The third-order valence-electron chi connectivity index (χ3n) is 4.06. The van der Waals surface area contributed by atoms with E-state index in [9.17, 15) is 18.4 Å². The van der Waals surface area contributed by atoms with Crippen LogP contribution in [0.5, 0.6) is 0 Å². The first-order valence-corrected chi connectivity index (χ1v) is 6.85. The Morgan fingerprint density at radius 3 is 2.65 bits per heavy atom. The van der Waals surface area contributed by atoms with E-state index in [1.165, 1.54) is 0 Å². The predicted molar refractivity (Wildman–Crippen MR) is 69.4 cm³/mol. The van der Waals surface area contributed by atoms with Crippen LogP contribution in [0.3, 0.4) is 0 Å². The molecule has 1 saturated carbocycles. The maximum absolute atomic E-state index is 13.8. The molecule has 2 aliphatic rings. The van der Waals surface area contributed by atoms with Crippen molar-refractivity contribution in [2.75, 3.05) is 4.90 Å². The fourth-order valence-corrected chi connectivity index (χ4v) is 3.46. The highest BCUT2D eigenvalue weighted by molar-refractivity contribution is 6.45. The molecule has 0 aromatic heterocycles. The molecule has 0 radical (unpaired) electrons. The number of benzene rings is 1. The number of carbonyl (C=O) groups excluding carboxylic acids is 2. The topological polar surface area (TPSA) is 37.4 Å². The second-order valence-electron chi connectivity index (χ2n) is 5.24. The van der Waals surface area contributed by atoms with Gasteiger partial charge in [0.05, 0.1) is 11.6 Å². The van der Waals surface area contributed by atoms with Crippen LogP contribution in [-0.4, -0.2) is 16.7 Å². The molecule has 6 heteroatoms. The van der Waals surface area contributed by atoms with Gasteiger partial charge in [0.2, 0.25) is 5.91 Å². The van der Waals surface area contributed by atoms with E-state index in [0.717, 1.165) is 29.9 Å².